The van der Waals surface area contributed by atoms with E-state index in [1.807, 2.05) is 16.9 Å². The van der Waals surface area contributed by atoms with Crippen LogP contribution >= 0.6 is 0 Å². The number of sulfonamides is 1. The fourth-order valence-corrected chi connectivity index (χ4v) is 4.82. The number of para-hydroxylation sites is 1. The first-order chi connectivity index (χ1) is 17.5. The van der Waals surface area contributed by atoms with Crippen LogP contribution in [0, 0.1) is 12.7 Å². The molecule has 0 atom stereocenters. The second-order valence-electron chi connectivity index (χ2n) is 8.57. The van der Waals surface area contributed by atoms with Gasteiger partial charge in [-0.1, -0.05) is 18.2 Å². The van der Waals surface area contributed by atoms with E-state index in [1.165, 1.54) is 29.8 Å². The molecule has 37 heavy (non-hydrogen) atoms. The maximum atomic E-state index is 14.8. The lowest BCUT2D eigenvalue weighted by Gasteiger charge is -2.14. The van der Waals surface area contributed by atoms with Crippen molar-refractivity contribution in [3.63, 3.8) is 0 Å². The van der Waals surface area contributed by atoms with Crippen LogP contribution in [0.2, 0.25) is 0 Å². The van der Waals surface area contributed by atoms with Gasteiger partial charge in [0.05, 0.1) is 34.1 Å². The molecule has 0 radical (unpaired) electrons. The third kappa shape index (κ3) is 4.42. The van der Waals surface area contributed by atoms with Crippen molar-refractivity contribution in [2.75, 3.05) is 12.0 Å². The molecule has 0 bridgehead atoms. The summed E-state index contributed by atoms with van der Waals surface area (Å²) in [5, 5.41) is 0.729. The van der Waals surface area contributed by atoms with E-state index in [4.69, 9.17) is 5.73 Å². The van der Waals surface area contributed by atoms with E-state index < -0.39 is 27.3 Å². The van der Waals surface area contributed by atoms with E-state index in [1.54, 1.807) is 24.3 Å². The molecule has 12 heteroatoms. The maximum absolute atomic E-state index is 14.8. The summed E-state index contributed by atoms with van der Waals surface area (Å²) >= 11 is 0. The number of aromatic nitrogens is 4. The number of anilines is 1. The van der Waals surface area contributed by atoms with E-state index in [0.29, 0.717) is 11.1 Å². The molecule has 10 nitrogen and oxygen atoms in total. The van der Waals surface area contributed by atoms with E-state index in [9.17, 15) is 22.4 Å². The van der Waals surface area contributed by atoms with Gasteiger partial charge in [0, 0.05) is 29.8 Å². The van der Waals surface area contributed by atoms with Gasteiger partial charge in [0.25, 0.3) is 11.5 Å². The number of aryl methyl sites for hydroxylation is 1. The van der Waals surface area contributed by atoms with Crippen LogP contribution < -0.4 is 16.0 Å². The predicted octanol–water partition coefficient (Wildman–Crippen LogP) is 2.71. The Morgan fingerprint density at radius 2 is 1.92 bits per heavy atom. The molecular weight excluding hydrogens is 499 g/mol. The lowest BCUT2D eigenvalue weighted by Crippen LogP contribution is -2.32. The third-order valence-electron chi connectivity index (χ3n) is 5.90. The van der Waals surface area contributed by atoms with E-state index in [-0.39, 0.29) is 45.9 Å². The minimum absolute atomic E-state index is 0.0227. The minimum atomic E-state index is -3.99. The Hall–Kier alpha value is -4.58. The van der Waals surface area contributed by atoms with Crippen LogP contribution in [0.3, 0.4) is 0 Å². The highest BCUT2D eigenvalue weighted by Gasteiger charge is 2.29. The molecule has 0 aliphatic rings. The molecule has 0 aliphatic heterocycles. The van der Waals surface area contributed by atoms with Gasteiger partial charge < -0.3 is 15.3 Å². The van der Waals surface area contributed by atoms with Crippen LogP contribution in [-0.2, 0) is 16.6 Å². The van der Waals surface area contributed by atoms with Gasteiger partial charge in [-0.25, -0.2) is 27.5 Å². The summed E-state index contributed by atoms with van der Waals surface area (Å²) in [4.78, 5) is 37.5. The van der Waals surface area contributed by atoms with Crippen molar-refractivity contribution in [1.82, 2.24) is 24.2 Å². The SMILES string of the molecule is Cc1nc2c(-c3ccc[nH]c3=O)c(C(=O)NS(C)(=O)=O)n(Cc3cc(N)nc4ccccc34)c2cc1F. The normalized spacial score (nSPS) is 11.8. The van der Waals surface area contributed by atoms with Gasteiger partial charge in [-0.15, -0.1) is 0 Å². The number of carbonyl (C=O) groups excluding carboxylic acids is 1. The summed E-state index contributed by atoms with van der Waals surface area (Å²) < 4.78 is 42.3. The largest absolute Gasteiger partial charge is 0.384 e. The van der Waals surface area contributed by atoms with Gasteiger partial charge in [0.1, 0.15) is 17.3 Å². The summed E-state index contributed by atoms with van der Waals surface area (Å²) in [5.41, 5.74) is 7.14. The van der Waals surface area contributed by atoms with Crippen molar-refractivity contribution in [3.05, 3.63) is 87.9 Å². The molecule has 0 saturated heterocycles. The van der Waals surface area contributed by atoms with Gasteiger partial charge in [-0.05, 0) is 36.8 Å². The Labute approximate surface area is 210 Å². The molecule has 0 fully saturated rings. The number of nitrogens with one attached hydrogen (secondary N) is 2. The number of benzene rings is 1. The summed E-state index contributed by atoms with van der Waals surface area (Å²) in [6, 6.07) is 13.1. The first-order valence-corrected chi connectivity index (χ1v) is 13.0. The molecule has 1 aromatic carbocycles. The van der Waals surface area contributed by atoms with Crippen molar-refractivity contribution < 1.29 is 17.6 Å². The number of carbonyl (C=O) groups is 1. The molecule has 1 amide bonds. The summed E-state index contributed by atoms with van der Waals surface area (Å²) in [5.74, 6) is -1.40. The minimum Gasteiger partial charge on any atom is -0.384 e. The summed E-state index contributed by atoms with van der Waals surface area (Å²) in [7, 11) is -3.99. The Morgan fingerprint density at radius 3 is 2.65 bits per heavy atom. The Morgan fingerprint density at radius 1 is 1.16 bits per heavy atom. The van der Waals surface area contributed by atoms with Crippen LogP contribution in [0.25, 0.3) is 33.1 Å². The molecule has 0 unspecified atom stereocenters. The first-order valence-electron chi connectivity index (χ1n) is 11.1. The topological polar surface area (TPSA) is 153 Å². The van der Waals surface area contributed by atoms with Crippen molar-refractivity contribution in [2.24, 2.45) is 0 Å². The number of rotatable bonds is 5. The van der Waals surface area contributed by atoms with Gasteiger partial charge in [0.2, 0.25) is 10.0 Å². The average Bonchev–Trinajstić information content (AvgIpc) is 3.11. The quantitative estimate of drug-likeness (QED) is 0.322. The molecule has 5 rings (SSSR count). The zero-order valence-corrected chi connectivity index (χ0v) is 20.6. The highest BCUT2D eigenvalue weighted by molar-refractivity contribution is 7.89. The Kier molecular flexibility index (Phi) is 5.75. The van der Waals surface area contributed by atoms with Crippen molar-refractivity contribution in [3.8, 4) is 11.1 Å². The zero-order valence-electron chi connectivity index (χ0n) is 19.7. The second kappa shape index (κ2) is 8.82. The summed E-state index contributed by atoms with van der Waals surface area (Å²) in [6.45, 7) is 1.43. The standard InChI is InChI=1S/C25H21FN6O4S/c1-13-17(26)11-19-22(29-13)21(16-7-5-9-28-24(16)33)23(25(34)31-37(2,35)36)32(19)12-14-10-20(27)30-18-8-4-3-6-15(14)18/h3-11H,12H2,1-2H3,(H2,27,30)(H,28,33)(H,31,34). The third-order valence-corrected chi connectivity index (χ3v) is 6.45. The number of hydrogen-bond donors (Lipinski definition) is 3. The fourth-order valence-electron chi connectivity index (χ4n) is 4.39. The van der Waals surface area contributed by atoms with E-state index >= 15 is 0 Å². The van der Waals surface area contributed by atoms with Crippen LogP contribution in [-0.4, -0.2) is 40.1 Å². The lowest BCUT2D eigenvalue weighted by atomic mass is 10.1. The zero-order chi connectivity index (χ0) is 26.5. The molecule has 4 heterocycles. The molecule has 188 valence electrons. The molecule has 0 aliphatic carbocycles. The van der Waals surface area contributed by atoms with E-state index in [2.05, 4.69) is 15.0 Å². The van der Waals surface area contributed by atoms with Gasteiger partial charge >= 0.3 is 0 Å². The molecule has 4 aromatic heterocycles. The number of fused-ring (bicyclic) bond motifs is 2. The van der Waals surface area contributed by atoms with Crippen LogP contribution in [0.4, 0.5) is 10.2 Å². The van der Waals surface area contributed by atoms with Crippen LogP contribution in [0.15, 0.2) is 59.5 Å². The monoisotopic (exact) mass is 520 g/mol. The Bertz CT molecular complexity index is 1900. The molecule has 4 N–H and O–H groups in total. The van der Waals surface area contributed by atoms with Crippen LogP contribution in [0.5, 0.6) is 0 Å². The number of hydrogen-bond acceptors (Lipinski definition) is 7. The molecule has 0 saturated carbocycles. The number of nitrogens with two attached hydrogens (primary N) is 1. The second-order valence-corrected chi connectivity index (χ2v) is 10.3. The summed E-state index contributed by atoms with van der Waals surface area (Å²) in [6.07, 6.45) is 2.26. The van der Waals surface area contributed by atoms with Crippen molar-refractivity contribution >= 4 is 43.7 Å². The average molecular weight is 521 g/mol. The number of H-pyrrole nitrogens is 1. The van der Waals surface area contributed by atoms with E-state index in [0.717, 1.165) is 11.6 Å². The Balaban J connectivity index is 1.90. The maximum Gasteiger partial charge on any atom is 0.282 e. The molecular formula is C25H21FN6O4S. The smallest absolute Gasteiger partial charge is 0.282 e. The molecule has 0 spiro atoms. The number of pyridine rings is 3. The first kappa shape index (κ1) is 24.1. The van der Waals surface area contributed by atoms with Gasteiger partial charge in [0.15, 0.2) is 0 Å². The van der Waals surface area contributed by atoms with Crippen molar-refractivity contribution in [1.29, 1.82) is 0 Å². The highest BCUT2D eigenvalue weighted by Crippen LogP contribution is 2.35. The van der Waals surface area contributed by atoms with Crippen LogP contribution in [0.1, 0.15) is 21.7 Å². The lowest BCUT2D eigenvalue weighted by molar-refractivity contribution is 0.0974. The van der Waals surface area contributed by atoms with Gasteiger partial charge in [-0.3, -0.25) is 9.59 Å². The number of amides is 1. The highest BCUT2D eigenvalue weighted by atomic mass is 32.2. The number of nitrogen functional groups attached to an aromatic ring is 1. The fraction of sp³-hybridized carbons (Fsp3) is 0.120. The number of halogens is 1. The van der Waals surface area contributed by atoms with Gasteiger partial charge in [-0.2, -0.15) is 0 Å². The van der Waals surface area contributed by atoms with Crippen molar-refractivity contribution in [2.45, 2.75) is 13.5 Å². The number of aromatic amines is 1. The molecule has 5 aromatic rings. The predicted molar refractivity (Wildman–Crippen MR) is 138 cm³/mol. The number of nitrogens with zero attached hydrogens (tertiary/aromatic N) is 3.